The molecule has 1 aliphatic carbocycles. The lowest BCUT2D eigenvalue weighted by Gasteiger charge is -2.14. The average Bonchev–Trinajstić information content (AvgIpc) is 3.50. The number of hydrogen-bond acceptors (Lipinski definition) is 7. The fraction of sp³-hybridized carbons (Fsp3) is 0.400. The molecule has 1 N–H and O–H groups in total. The zero-order chi connectivity index (χ0) is 24.3. The minimum Gasteiger partial charge on any atom is -0.413 e. The first-order valence-corrected chi connectivity index (χ1v) is 11.6. The predicted octanol–water partition coefficient (Wildman–Crippen LogP) is 2.85. The van der Waals surface area contributed by atoms with Crippen LogP contribution < -0.4 is 10.4 Å². The van der Waals surface area contributed by atoms with Crippen LogP contribution in [0.15, 0.2) is 28.0 Å². The summed E-state index contributed by atoms with van der Waals surface area (Å²) in [4.78, 5) is 26.0. The third-order valence-corrected chi connectivity index (χ3v) is 7.65. The molecule has 1 aliphatic rings. The molecule has 13 heteroatoms. The molecule has 0 amide bonds. The second-order valence-electron chi connectivity index (χ2n) is 7.77. The maximum Gasteiger partial charge on any atom is 0.435 e. The molecule has 9 nitrogen and oxygen atoms in total. The molecule has 174 valence electrons. The van der Waals surface area contributed by atoms with Crippen LogP contribution in [-0.4, -0.2) is 36.3 Å². The van der Waals surface area contributed by atoms with Gasteiger partial charge in [0.2, 0.25) is 0 Å². The molecular weight excluding hydrogens is 461 g/mol. The predicted molar refractivity (Wildman–Crippen MR) is 112 cm³/mol. The fourth-order valence-electron chi connectivity index (χ4n) is 3.73. The van der Waals surface area contributed by atoms with Crippen LogP contribution in [0.1, 0.15) is 31.0 Å². The van der Waals surface area contributed by atoms with Crippen molar-refractivity contribution < 1.29 is 22.2 Å². The van der Waals surface area contributed by atoms with E-state index >= 15 is 0 Å². The van der Waals surface area contributed by atoms with Crippen LogP contribution >= 0.6 is 0 Å². The summed E-state index contributed by atoms with van der Waals surface area (Å²) in [5, 5.41) is 9.50. The van der Waals surface area contributed by atoms with Crippen molar-refractivity contribution in [1.29, 1.82) is 10.0 Å². The molecule has 0 radical (unpaired) electrons. The molecule has 1 fully saturated rings. The molecule has 33 heavy (non-hydrogen) atoms. The van der Waals surface area contributed by atoms with Crippen molar-refractivity contribution in [3.8, 4) is 17.6 Å². The molecule has 1 saturated carbocycles. The highest BCUT2D eigenvalue weighted by Gasteiger charge is 2.46. The number of nitriles is 1. The number of fused-ring (bicyclic) bond motifs is 1. The molecular formula is C20H19F3N6O3S. The molecule has 0 aromatic carbocycles. The van der Waals surface area contributed by atoms with Crippen molar-refractivity contribution in [1.82, 2.24) is 19.3 Å². The molecule has 0 spiro atoms. The van der Waals surface area contributed by atoms with E-state index < -0.39 is 32.6 Å². The van der Waals surface area contributed by atoms with Crippen LogP contribution in [-0.2, 0) is 28.4 Å². The average molecular weight is 480 g/mol. The molecule has 3 heterocycles. The molecule has 4 rings (SSSR count). The number of nitrogens with one attached hydrogen (secondary N) is 1. The summed E-state index contributed by atoms with van der Waals surface area (Å²) in [5.41, 5.74) is -3.06. The van der Waals surface area contributed by atoms with Crippen LogP contribution in [0.5, 0.6) is 0 Å². The van der Waals surface area contributed by atoms with Crippen LogP contribution in [0.4, 0.5) is 13.2 Å². The minimum atomic E-state index is -4.88. The van der Waals surface area contributed by atoms with E-state index in [-0.39, 0.29) is 37.9 Å². The smallest absolute Gasteiger partial charge is 0.413 e. The largest absolute Gasteiger partial charge is 0.435 e. The third kappa shape index (κ3) is 3.45. The zero-order valence-electron chi connectivity index (χ0n) is 17.9. The Morgan fingerprint density at radius 1 is 1.36 bits per heavy atom. The van der Waals surface area contributed by atoms with E-state index in [0.29, 0.717) is 24.5 Å². The van der Waals surface area contributed by atoms with E-state index in [9.17, 15) is 27.4 Å². The molecule has 0 bridgehead atoms. The van der Waals surface area contributed by atoms with Gasteiger partial charge < -0.3 is 9.40 Å². The topological polar surface area (TPSA) is 127 Å². The first kappa shape index (κ1) is 22.8. The van der Waals surface area contributed by atoms with Gasteiger partial charge in [-0.2, -0.15) is 18.4 Å². The van der Waals surface area contributed by atoms with Gasteiger partial charge in [0.1, 0.15) is 18.3 Å². The first-order valence-electron chi connectivity index (χ1n) is 9.83. The summed E-state index contributed by atoms with van der Waals surface area (Å²) in [6.07, 6.45) is -2.23. The van der Waals surface area contributed by atoms with Gasteiger partial charge >= 0.3 is 11.7 Å². The lowest BCUT2D eigenvalue weighted by atomic mass is 9.99. The number of pyridine rings is 2. The monoisotopic (exact) mass is 480 g/mol. The number of rotatable bonds is 5. The quantitative estimate of drug-likeness (QED) is 0.598. The maximum absolute atomic E-state index is 13.5. The van der Waals surface area contributed by atoms with Gasteiger partial charge in [-0.15, -0.1) is 4.73 Å². The van der Waals surface area contributed by atoms with Crippen molar-refractivity contribution in [2.45, 2.75) is 36.3 Å². The Labute approximate surface area is 186 Å². The third-order valence-electron chi connectivity index (χ3n) is 5.82. The minimum absolute atomic E-state index is 0.00460. The van der Waals surface area contributed by atoms with Gasteiger partial charge in [0.15, 0.2) is 11.5 Å². The van der Waals surface area contributed by atoms with Crippen LogP contribution in [0.2, 0.25) is 0 Å². The van der Waals surface area contributed by atoms with Crippen molar-refractivity contribution in [3.05, 3.63) is 39.9 Å². The number of hydrogen-bond donors (Lipinski definition) is 1. The van der Waals surface area contributed by atoms with Crippen molar-refractivity contribution in [2.75, 3.05) is 12.9 Å². The second-order valence-corrected chi connectivity index (χ2v) is 10.1. The van der Waals surface area contributed by atoms with E-state index in [2.05, 4.69) is 20.9 Å². The van der Waals surface area contributed by atoms with E-state index in [1.807, 2.05) is 0 Å². The molecule has 0 saturated heterocycles. The van der Waals surface area contributed by atoms with Gasteiger partial charge in [0.05, 0.1) is 31.6 Å². The molecule has 0 aliphatic heterocycles. The van der Waals surface area contributed by atoms with Crippen LogP contribution in [0.25, 0.3) is 22.6 Å². The molecule has 1 atom stereocenters. The van der Waals surface area contributed by atoms with E-state index in [1.165, 1.54) is 23.9 Å². The standard InChI is InChI=1S/C20H19F3N6O3S/c1-4-33(25,31)13-7-11(19(10-24)5-6-19)9-26-15(13)17-27-12-8-14(20(21,22)23)29(32-3)18(30)16(12)28(17)2/h7-9,25H,4-6H2,1-3H3/t33-/m1/s1. The number of aryl methyl sites for hydroxylation is 1. The summed E-state index contributed by atoms with van der Waals surface area (Å²) in [6.45, 7) is 1.56. The second kappa shape index (κ2) is 7.31. The zero-order valence-corrected chi connectivity index (χ0v) is 18.7. The number of nitrogens with zero attached hydrogens (tertiary/aromatic N) is 5. The highest BCUT2D eigenvalue weighted by atomic mass is 32.2. The first-order chi connectivity index (χ1) is 15.4. The van der Waals surface area contributed by atoms with Crippen LogP contribution in [0.3, 0.4) is 0 Å². The highest BCUT2D eigenvalue weighted by Crippen LogP contribution is 2.48. The summed E-state index contributed by atoms with van der Waals surface area (Å²) in [7, 11) is -1.01. The normalized spacial score (nSPS) is 16.9. The summed E-state index contributed by atoms with van der Waals surface area (Å²) in [5.74, 6) is -0.0792. The molecule has 3 aromatic heterocycles. The van der Waals surface area contributed by atoms with E-state index in [4.69, 9.17) is 4.78 Å². The number of alkyl halides is 3. The number of imidazole rings is 1. The maximum atomic E-state index is 13.5. The Kier molecular flexibility index (Phi) is 5.05. The number of aromatic nitrogens is 4. The highest BCUT2D eigenvalue weighted by molar-refractivity contribution is 7.92. The van der Waals surface area contributed by atoms with Crippen molar-refractivity contribution in [3.63, 3.8) is 0 Å². The van der Waals surface area contributed by atoms with Gasteiger partial charge in [0, 0.05) is 19.0 Å². The van der Waals surface area contributed by atoms with E-state index in [1.54, 1.807) is 6.92 Å². The van der Waals surface area contributed by atoms with Gasteiger partial charge in [-0.05, 0) is 30.5 Å². The molecule has 3 aromatic rings. The Hall–Kier alpha value is -3.40. The van der Waals surface area contributed by atoms with Crippen molar-refractivity contribution >= 4 is 20.8 Å². The van der Waals surface area contributed by atoms with Gasteiger partial charge in [0.25, 0.3) is 0 Å². The Bertz CT molecular complexity index is 1490. The van der Waals surface area contributed by atoms with Gasteiger partial charge in [-0.1, -0.05) is 6.92 Å². The Morgan fingerprint density at radius 2 is 2.03 bits per heavy atom. The summed E-state index contributed by atoms with van der Waals surface area (Å²) in [6, 6.07) is 4.39. The molecule has 0 unspecified atom stereocenters. The fourth-order valence-corrected chi connectivity index (χ4v) is 4.81. The number of halogens is 3. The summed E-state index contributed by atoms with van der Waals surface area (Å²) < 4.78 is 63.2. The SMILES string of the molecule is CC[S@@](=N)(=O)c1cc(C2(C#N)CC2)cnc1-c1nc2cc(C(F)(F)F)n(OC)c(=O)c2n1C. The lowest BCUT2D eigenvalue weighted by molar-refractivity contribution is -0.151. The van der Waals surface area contributed by atoms with Gasteiger partial charge in [-0.3, -0.25) is 9.78 Å². The Morgan fingerprint density at radius 3 is 2.55 bits per heavy atom. The Balaban J connectivity index is 2.04. The van der Waals surface area contributed by atoms with Gasteiger partial charge in [-0.25, -0.2) is 14.0 Å². The van der Waals surface area contributed by atoms with E-state index in [0.717, 1.165) is 7.11 Å². The van der Waals surface area contributed by atoms with Crippen molar-refractivity contribution in [2.24, 2.45) is 7.05 Å². The van der Waals surface area contributed by atoms with Crippen LogP contribution in [0, 0.1) is 16.1 Å². The lowest BCUT2D eigenvalue weighted by Crippen LogP contribution is -2.32. The summed E-state index contributed by atoms with van der Waals surface area (Å²) >= 11 is 0.